The van der Waals surface area contributed by atoms with Crippen LogP contribution in [0, 0.1) is 10.1 Å². The van der Waals surface area contributed by atoms with Crippen LogP contribution >= 0.6 is 0 Å². The summed E-state index contributed by atoms with van der Waals surface area (Å²) in [6.45, 7) is -0.585. The monoisotopic (exact) mass is 253 g/mol. The summed E-state index contributed by atoms with van der Waals surface area (Å²) in [5.41, 5.74) is 0. The Balaban J connectivity index is 2.17. The molecule has 94 valence electrons. The molecule has 1 aromatic rings. The first kappa shape index (κ1) is 11.8. The largest absolute Gasteiger partial charge is 0.433 e. The molecule has 1 fully saturated rings. The Hall–Kier alpha value is -2.71. The van der Waals surface area contributed by atoms with E-state index >= 15 is 0 Å². The van der Waals surface area contributed by atoms with E-state index in [-0.39, 0.29) is 18.8 Å². The molecule has 0 aliphatic carbocycles. The summed E-state index contributed by atoms with van der Waals surface area (Å²) in [7, 11) is 0. The number of carbonyl (C=O) groups excluding carboxylic acids is 3. The molecule has 9 nitrogen and oxygen atoms in total. The summed E-state index contributed by atoms with van der Waals surface area (Å²) in [6, 6.07) is 2.15. The van der Waals surface area contributed by atoms with Gasteiger partial charge in [0.25, 0.3) is 5.91 Å². The smallest absolute Gasteiger partial charge is 0.395 e. The summed E-state index contributed by atoms with van der Waals surface area (Å²) in [4.78, 5) is 44.5. The van der Waals surface area contributed by atoms with Gasteiger partial charge in [-0.15, -0.1) is 0 Å². The molecule has 0 spiro atoms. The fourth-order valence-electron chi connectivity index (χ4n) is 1.48. The molecule has 1 aromatic heterocycles. The van der Waals surface area contributed by atoms with Gasteiger partial charge in [-0.1, -0.05) is 0 Å². The quantitative estimate of drug-likeness (QED) is 0.421. The molecule has 0 atom stereocenters. The minimum Gasteiger partial charge on any atom is -0.395 e. The van der Waals surface area contributed by atoms with Gasteiger partial charge in [0.15, 0.2) is 5.76 Å². The zero-order valence-corrected chi connectivity index (χ0v) is 8.91. The van der Waals surface area contributed by atoms with E-state index in [1.54, 1.807) is 0 Å². The van der Waals surface area contributed by atoms with Crippen molar-refractivity contribution < 1.29 is 23.7 Å². The molecule has 0 saturated carbocycles. The van der Waals surface area contributed by atoms with Crippen LogP contribution in [0.2, 0.25) is 0 Å². The van der Waals surface area contributed by atoms with Crippen LogP contribution in [0.5, 0.6) is 0 Å². The average molecular weight is 253 g/mol. The Labute approximate surface area is 99.5 Å². The van der Waals surface area contributed by atoms with Gasteiger partial charge in [0.2, 0.25) is 11.8 Å². The Morgan fingerprint density at radius 1 is 1.33 bits per heavy atom. The first-order chi connectivity index (χ1) is 8.47. The number of carbonyl (C=O) groups is 3. The van der Waals surface area contributed by atoms with E-state index in [0.29, 0.717) is 0 Å². The maximum absolute atomic E-state index is 11.8. The van der Waals surface area contributed by atoms with Crippen molar-refractivity contribution in [2.75, 3.05) is 13.1 Å². The molecule has 0 unspecified atom stereocenters. The van der Waals surface area contributed by atoms with Gasteiger partial charge in [-0.2, -0.15) is 0 Å². The Morgan fingerprint density at radius 2 is 1.94 bits per heavy atom. The van der Waals surface area contributed by atoms with Gasteiger partial charge in [0.1, 0.15) is 18.0 Å². The number of hydrogen-bond donors (Lipinski definition) is 1. The highest BCUT2D eigenvalue weighted by molar-refractivity contribution is 6.05. The van der Waals surface area contributed by atoms with Gasteiger partial charge in [0, 0.05) is 0 Å². The summed E-state index contributed by atoms with van der Waals surface area (Å²) < 4.78 is 4.70. The topological polar surface area (TPSA) is 123 Å². The van der Waals surface area contributed by atoms with Gasteiger partial charge in [-0.25, -0.2) is 0 Å². The molecule has 3 amide bonds. The lowest BCUT2D eigenvalue weighted by molar-refractivity contribution is -0.402. The number of rotatable bonds is 2. The minimum absolute atomic E-state index is 0.288. The lowest BCUT2D eigenvalue weighted by atomic mass is 10.3. The number of hydrogen-bond acceptors (Lipinski definition) is 6. The van der Waals surface area contributed by atoms with Crippen LogP contribution in [0.3, 0.4) is 0 Å². The van der Waals surface area contributed by atoms with Crippen molar-refractivity contribution >= 4 is 23.6 Å². The maximum atomic E-state index is 11.8. The van der Waals surface area contributed by atoms with Crippen molar-refractivity contribution in [3.8, 4) is 0 Å². The van der Waals surface area contributed by atoms with Crippen molar-refractivity contribution in [3.05, 3.63) is 28.0 Å². The second kappa shape index (κ2) is 4.28. The van der Waals surface area contributed by atoms with Gasteiger partial charge < -0.3 is 9.32 Å². The van der Waals surface area contributed by atoms with Crippen molar-refractivity contribution in [2.45, 2.75) is 0 Å². The second-order valence-electron chi connectivity index (χ2n) is 3.53. The molecule has 1 aliphatic heterocycles. The molecule has 0 aromatic carbocycles. The number of nitrogens with one attached hydrogen (secondary N) is 1. The molecule has 18 heavy (non-hydrogen) atoms. The predicted octanol–water partition coefficient (Wildman–Crippen LogP) is -0.714. The van der Waals surface area contributed by atoms with Crippen LogP contribution in [0.15, 0.2) is 16.5 Å². The van der Waals surface area contributed by atoms with Crippen molar-refractivity contribution in [1.82, 2.24) is 10.2 Å². The maximum Gasteiger partial charge on any atom is 0.433 e. The molecule has 0 radical (unpaired) electrons. The highest BCUT2D eigenvalue weighted by Gasteiger charge is 2.29. The molecule has 0 bridgehead atoms. The third-order valence-corrected chi connectivity index (χ3v) is 2.22. The lowest BCUT2D eigenvalue weighted by Gasteiger charge is -2.24. The van der Waals surface area contributed by atoms with Crippen LogP contribution in [-0.2, 0) is 9.59 Å². The van der Waals surface area contributed by atoms with Crippen LogP contribution in [0.4, 0.5) is 5.88 Å². The Kier molecular flexibility index (Phi) is 2.80. The summed E-state index contributed by atoms with van der Waals surface area (Å²) in [5, 5.41) is 12.4. The fourth-order valence-corrected chi connectivity index (χ4v) is 1.48. The molecule has 1 saturated heterocycles. The number of imide groups is 1. The van der Waals surface area contributed by atoms with E-state index in [1.165, 1.54) is 0 Å². The zero-order chi connectivity index (χ0) is 13.3. The number of nitrogens with zero attached hydrogens (tertiary/aromatic N) is 2. The summed E-state index contributed by atoms with van der Waals surface area (Å²) in [6.07, 6.45) is 0. The Morgan fingerprint density at radius 3 is 2.44 bits per heavy atom. The first-order valence-electron chi connectivity index (χ1n) is 4.83. The molecule has 9 heteroatoms. The standard InChI is InChI=1S/C9H7N3O6/c13-6-3-11(4-7(14)10-6)9(15)5-1-2-8(18-5)12(16)17/h1-2H,3-4H2,(H,10,13,14). The van der Waals surface area contributed by atoms with E-state index in [4.69, 9.17) is 4.42 Å². The van der Waals surface area contributed by atoms with Crippen LogP contribution in [0.1, 0.15) is 10.6 Å². The van der Waals surface area contributed by atoms with Crippen molar-refractivity contribution in [2.24, 2.45) is 0 Å². The number of furan rings is 1. The molecule has 2 heterocycles. The van der Waals surface area contributed by atoms with Crippen LogP contribution in [0.25, 0.3) is 0 Å². The summed E-state index contributed by atoms with van der Waals surface area (Å²) in [5.74, 6) is -2.83. The van der Waals surface area contributed by atoms with Gasteiger partial charge >= 0.3 is 5.88 Å². The van der Waals surface area contributed by atoms with Gasteiger partial charge in [0.05, 0.1) is 6.07 Å². The van der Waals surface area contributed by atoms with Crippen LogP contribution in [-0.4, -0.2) is 40.6 Å². The predicted molar refractivity (Wildman–Crippen MR) is 54.4 cm³/mol. The number of nitro groups is 1. The van der Waals surface area contributed by atoms with Crippen molar-refractivity contribution in [3.63, 3.8) is 0 Å². The Bertz CT molecular complexity index is 532. The van der Waals surface area contributed by atoms with E-state index in [2.05, 4.69) is 0 Å². The summed E-state index contributed by atoms with van der Waals surface area (Å²) >= 11 is 0. The second-order valence-corrected chi connectivity index (χ2v) is 3.53. The molecular weight excluding hydrogens is 246 g/mol. The molecule has 1 N–H and O–H groups in total. The molecular formula is C9H7N3O6. The normalized spacial score (nSPS) is 15.4. The third kappa shape index (κ3) is 2.19. The van der Waals surface area contributed by atoms with Gasteiger partial charge in [-0.3, -0.25) is 29.8 Å². The fraction of sp³-hybridized carbons (Fsp3) is 0.222. The van der Waals surface area contributed by atoms with Gasteiger partial charge in [-0.05, 0) is 6.07 Å². The minimum atomic E-state index is -0.787. The van der Waals surface area contributed by atoms with E-state index < -0.39 is 28.5 Å². The number of amides is 3. The van der Waals surface area contributed by atoms with Crippen LogP contribution < -0.4 is 5.32 Å². The molecule has 2 rings (SSSR count). The zero-order valence-electron chi connectivity index (χ0n) is 8.91. The first-order valence-corrected chi connectivity index (χ1v) is 4.83. The third-order valence-electron chi connectivity index (χ3n) is 2.22. The SMILES string of the molecule is O=C1CN(C(=O)c2ccc([N+](=O)[O-])o2)CC(=O)N1. The van der Waals surface area contributed by atoms with Crippen molar-refractivity contribution in [1.29, 1.82) is 0 Å². The lowest BCUT2D eigenvalue weighted by Crippen LogP contribution is -2.53. The highest BCUT2D eigenvalue weighted by Crippen LogP contribution is 2.17. The van der Waals surface area contributed by atoms with E-state index in [0.717, 1.165) is 17.0 Å². The van der Waals surface area contributed by atoms with E-state index in [9.17, 15) is 24.5 Å². The molecule has 1 aliphatic rings. The van der Waals surface area contributed by atoms with E-state index in [1.807, 2.05) is 5.32 Å². The average Bonchev–Trinajstić information content (AvgIpc) is 2.75. The highest BCUT2D eigenvalue weighted by atomic mass is 16.6. The number of piperazine rings is 1.